The van der Waals surface area contributed by atoms with Gasteiger partial charge in [-0.1, -0.05) is 5.16 Å². The summed E-state index contributed by atoms with van der Waals surface area (Å²) >= 11 is 0. The summed E-state index contributed by atoms with van der Waals surface area (Å²) in [6.45, 7) is 4.38. The van der Waals surface area contributed by atoms with E-state index in [1.807, 2.05) is 18.3 Å². The molecule has 0 saturated carbocycles. The minimum absolute atomic E-state index is 0.0990. The Morgan fingerprint density at radius 3 is 2.48 bits per heavy atom. The van der Waals surface area contributed by atoms with Crippen LogP contribution in [0.25, 0.3) is 5.82 Å². The van der Waals surface area contributed by atoms with Crippen molar-refractivity contribution in [2.75, 3.05) is 31.1 Å². The molecule has 1 saturated heterocycles. The van der Waals surface area contributed by atoms with Gasteiger partial charge >= 0.3 is 0 Å². The summed E-state index contributed by atoms with van der Waals surface area (Å²) in [5.74, 6) is 2.05. The predicted molar refractivity (Wildman–Crippen MR) is 88.5 cm³/mol. The third-order valence-electron chi connectivity index (χ3n) is 4.14. The lowest BCUT2D eigenvalue weighted by molar-refractivity contribution is 0.0736. The highest BCUT2D eigenvalue weighted by Gasteiger charge is 2.25. The number of anilines is 1. The van der Waals surface area contributed by atoms with Crippen molar-refractivity contribution in [2.24, 2.45) is 0 Å². The van der Waals surface area contributed by atoms with Gasteiger partial charge < -0.3 is 14.3 Å². The Kier molecular flexibility index (Phi) is 3.88. The molecule has 3 aromatic heterocycles. The lowest BCUT2D eigenvalue weighted by atomic mass is 10.2. The molecule has 1 aliphatic rings. The van der Waals surface area contributed by atoms with Gasteiger partial charge in [0, 0.05) is 44.6 Å². The monoisotopic (exact) mass is 339 g/mol. The van der Waals surface area contributed by atoms with Crippen LogP contribution in [0.2, 0.25) is 0 Å². The molecule has 1 aliphatic heterocycles. The fraction of sp³-hybridized carbons (Fsp3) is 0.312. The standard InChI is InChI=1S/C16H17N7O2/c1-12-10-13(20-25-12)16(24)22-8-6-21(7-9-22)14-2-3-15(19-18-14)23-5-4-17-11-23/h2-5,10-11H,6-9H2,1H3. The van der Waals surface area contributed by atoms with E-state index in [0.717, 1.165) is 11.6 Å². The molecule has 4 heterocycles. The smallest absolute Gasteiger partial charge is 0.276 e. The average Bonchev–Trinajstić information content (AvgIpc) is 3.33. The number of hydrogen-bond acceptors (Lipinski definition) is 7. The highest BCUT2D eigenvalue weighted by Crippen LogP contribution is 2.15. The molecular weight excluding hydrogens is 322 g/mol. The van der Waals surface area contributed by atoms with E-state index < -0.39 is 0 Å². The number of carbonyl (C=O) groups is 1. The largest absolute Gasteiger partial charge is 0.361 e. The topological polar surface area (TPSA) is 93.2 Å². The van der Waals surface area contributed by atoms with Crippen LogP contribution in [0, 0.1) is 6.92 Å². The van der Waals surface area contributed by atoms with Crippen molar-refractivity contribution >= 4 is 11.7 Å². The van der Waals surface area contributed by atoms with Gasteiger partial charge in [0.05, 0.1) is 0 Å². The zero-order valence-electron chi connectivity index (χ0n) is 13.7. The first-order chi connectivity index (χ1) is 12.2. The van der Waals surface area contributed by atoms with Gasteiger partial charge in [-0.2, -0.15) is 0 Å². The number of imidazole rings is 1. The second kappa shape index (κ2) is 6.34. The summed E-state index contributed by atoms with van der Waals surface area (Å²) < 4.78 is 6.77. The summed E-state index contributed by atoms with van der Waals surface area (Å²) in [5.41, 5.74) is 0.357. The number of amides is 1. The van der Waals surface area contributed by atoms with Gasteiger partial charge in [-0.15, -0.1) is 10.2 Å². The molecule has 0 atom stereocenters. The Balaban J connectivity index is 1.39. The molecule has 0 aliphatic carbocycles. The molecule has 0 radical (unpaired) electrons. The molecule has 25 heavy (non-hydrogen) atoms. The van der Waals surface area contributed by atoms with Crippen LogP contribution < -0.4 is 4.90 Å². The van der Waals surface area contributed by atoms with E-state index >= 15 is 0 Å². The molecular formula is C16H17N7O2. The SMILES string of the molecule is Cc1cc(C(=O)N2CCN(c3ccc(-n4ccnc4)nn3)CC2)no1. The van der Waals surface area contributed by atoms with Crippen molar-refractivity contribution in [3.8, 4) is 5.82 Å². The zero-order valence-corrected chi connectivity index (χ0v) is 13.7. The molecule has 0 bridgehead atoms. The van der Waals surface area contributed by atoms with Gasteiger partial charge in [0.2, 0.25) is 0 Å². The first kappa shape index (κ1) is 15.3. The van der Waals surface area contributed by atoms with E-state index in [2.05, 4.69) is 25.2 Å². The number of nitrogens with zero attached hydrogens (tertiary/aromatic N) is 7. The van der Waals surface area contributed by atoms with E-state index in [4.69, 9.17) is 4.52 Å². The summed E-state index contributed by atoms with van der Waals surface area (Å²) in [4.78, 5) is 20.3. The van der Waals surface area contributed by atoms with Crippen molar-refractivity contribution < 1.29 is 9.32 Å². The van der Waals surface area contributed by atoms with Crippen molar-refractivity contribution in [3.63, 3.8) is 0 Å². The molecule has 0 aromatic carbocycles. The van der Waals surface area contributed by atoms with Gasteiger partial charge in [0.25, 0.3) is 5.91 Å². The second-order valence-electron chi connectivity index (χ2n) is 5.82. The number of aromatic nitrogens is 5. The summed E-state index contributed by atoms with van der Waals surface area (Å²) in [6, 6.07) is 5.50. The van der Waals surface area contributed by atoms with Crippen LogP contribution in [0.4, 0.5) is 5.82 Å². The third-order valence-corrected chi connectivity index (χ3v) is 4.14. The maximum atomic E-state index is 12.4. The Bertz CT molecular complexity index is 849. The van der Waals surface area contributed by atoms with Crippen LogP contribution in [0.3, 0.4) is 0 Å². The van der Waals surface area contributed by atoms with E-state index in [1.165, 1.54) is 0 Å². The highest BCUT2D eigenvalue weighted by atomic mass is 16.5. The van der Waals surface area contributed by atoms with E-state index in [1.54, 1.807) is 35.0 Å². The number of aryl methyl sites for hydroxylation is 1. The number of piperazine rings is 1. The number of carbonyl (C=O) groups excluding carboxylic acids is 1. The molecule has 9 nitrogen and oxygen atoms in total. The van der Waals surface area contributed by atoms with Gasteiger partial charge in [-0.25, -0.2) is 4.98 Å². The normalized spacial score (nSPS) is 14.8. The van der Waals surface area contributed by atoms with Crippen LogP contribution in [-0.4, -0.2) is 61.9 Å². The maximum Gasteiger partial charge on any atom is 0.276 e. The molecule has 9 heteroatoms. The van der Waals surface area contributed by atoms with E-state index in [0.29, 0.717) is 37.6 Å². The number of hydrogen-bond donors (Lipinski definition) is 0. The molecule has 1 amide bonds. The summed E-state index contributed by atoms with van der Waals surface area (Å²) in [7, 11) is 0. The lowest BCUT2D eigenvalue weighted by Crippen LogP contribution is -2.49. The van der Waals surface area contributed by atoms with Crippen molar-refractivity contribution in [1.82, 2.24) is 29.8 Å². The summed E-state index contributed by atoms with van der Waals surface area (Å²) in [5, 5.41) is 12.3. The van der Waals surface area contributed by atoms with Crippen LogP contribution in [0.15, 0.2) is 41.4 Å². The quantitative estimate of drug-likeness (QED) is 0.700. The number of rotatable bonds is 3. The van der Waals surface area contributed by atoms with Gasteiger partial charge in [0.15, 0.2) is 17.3 Å². The zero-order chi connectivity index (χ0) is 17.2. The Labute approximate surface area is 143 Å². The van der Waals surface area contributed by atoms with Crippen LogP contribution in [0.5, 0.6) is 0 Å². The first-order valence-corrected chi connectivity index (χ1v) is 8.00. The maximum absolute atomic E-state index is 12.4. The minimum Gasteiger partial charge on any atom is -0.361 e. The first-order valence-electron chi connectivity index (χ1n) is 8.00. The van der Waals surface area contributed by atoms with Crippen molar-refractivity contribution in [2.45, 2.75) is 6.92 Å². The van der Waals surface area contributed by atoms with Gasteiger partial charge in [-0.3, -0.25) is 9.36 Å². The van der Waals surface area contributed by atoms with Crippen LogP contribution >= 0.6 is 0 Å². The fourth-order valence-electron chi connectivity index (χ4n) is 2.79. The van der Waals surface area contributed by atoms with Crippen LogP contribution in [-0.2, 0) is 0 Å². The van der Waals surface area contributed by atoms with Crippen molar-refractivity contribution in [1.29, 1.82) is 0 Å². The second-order valence-corrected chi connectivity index (χ2v) is 5.82. The molecule has 4 rings (SSSR count). The predicted octanol–water partition coefficient (Wildman–Crippen LogP) is 0.921. The molecule has 0 N–H and O–H groups in total. The Morgan fingerprint density at radius 2 is 1.88 bits per heavy atom. The Hall–Kier alpha value is -3.23. The summed E-state index contributed by atoms with van der Waals surface area (Å²) in [6.07, 6.45) is 5.20. The van der Waals surface area contributed by atoms with E-state index in [-0.39, 0.29) is 5.91 Å². The van der Waals surface area contributed by atoms with Crippen LogP contribution in [0.1, 0.15) is 16.2 Å². The Morgan fingerprint density at radius 1 is 1.12 bits per heavy atom. The third kappa shape index (κ3) is 3.08. The highest BCUT2D eigenvalue weighted by molar-refractivity contribution is 5.92. The van der Waals surface area contributed by atoms with Crippen molar-refractivity contribution in [3.05, 3.63) is 48.4 Å². The average molecular weight is 339 g/mol. The molecule has 0 spiro atoms. The molecule has 1 fully saturated rings. The molecule has 3 aromatic rings. The van der Waals surface area contributed by atoms with Gasteiger partial charge in [0.1, 0.15) is 12.1 Å². The molecule has 128 valence electrons. The lowest BCUT2D eigenvalue weighted by Gasteiger charge is -2.34. The van der Waals surface area contributed by atoms with E-state index in [9.17, 15) is 4.79 Å². The minimum atomic E-state index is -0.0990. The fourth-order valence-corrected chi connectivity index (χ4v) is 2.79. The molecule has 0 unspecified atom stereocenters. The van der Waals surface area contributed by atoms with Gasteiger partial charge in [-0.05, 0) is 19.1 Å².